The van der Waals surface area contributed by atoms with E-state index in [1.807, 2.05) is 0 Å². The van der Waals surface area contributed by atoms with E-state index in [1.165, 1.54) is 0 Å². The average molecular weight is 1450 g/mol. The van der Waals surface area contributed by atoms with Gasteiger partial charge in [0.25, 0.3) is 0 Å². The van der Waals surface area contributed by atoms with Crippen molar-refractivity contribution in [3.05, 3.63) is 12.2 Å². The van der Waals surface area contributed by atoms with Gasteiger partial charge in [-0.2, -0.15) is 0 Å². The average Bonchev–Trinajstić information content (AvgIpc) is 1.47. The molecule has 38 nitrogen and oxygen atoms in total. The molecule has 38 heteroatoms. The van der Waals surface area contributed by atoms with Crippen LogP contribution in [0.4, 0.5) is 0 Å². The van der Waals surface area contributed by atoms with Gasteiger partial charge < -0.3 is 184 Å². The molecule has 1 spiro atoms. The summed E-state index contributed by atoms with van der Waals surface area (Å²) in [6, 6.07) is 0. The van der Waals surface area contributed by atoms with Crippen LogP contribution in [0.25, 0.3) is 0 Å². The fourth-order valence-corrected chi connectivity index (χ4v) is 17.9. The molecule has 41 atom stereocenters. The minimum Gasteiger partial charge on any atom is -0.432 e. The minimum atomic E-state index is -2.17. The Morgan fingerprint density at radius 1 is 0.380 bits per heavy atom. The molecule has 7 aliphatic heterocycles. The maximum absolute atomic E-state index is 15.7. The molecule has 4 saturated carbocycles. The van der Waals surface area contributed by atoms with E-state index in [0.29, 0.717) is 44.1 Å². The third kappa shape index (κ3) is 14.0. The first-order chi connectivity index (χ1) is 47.3. The van der Waals surface area contributed by atoms with Crippen LogP contribution < -0.4 is 0 Å². The van der Waals surface area contributed by atoms with E-state index in [9.17, 15) is 117 Å². The van der Waals surface area contributed by atoms with Crippen molar-refractivity contribution in [2.45, 2.75) is 292 Å². The first-order valence-corrected chi connectivity index (χ1v) is 33.9. The molecule has 0 unspecified atom stereocenters. The molecular weight excluding hydrogens is 1350 g/mol. The molecule has 11 rings (SSSR count). The van der Waals surface area contributed by atoms with Crippen molar-refractivity contribution in [3.8, 4) is 0 Å². The van der Waals surface area contributed by atoms with Crippen LogP contribution in [0.3, 0.4) is 0 Å². The maximum atomic E-state index is 15.7. The van der Waals surface area contributed by atoms with Crippen molar-refractivity contribution in [1.82, 2.24) is 0 Å². The summed E-state index contributed by atoms with van der Waals surface area (Å²) in [6.45, 7) is 1.70. The molecule has 4 aliphatic carbocycles. The smallest absolute Gasteiger partial charge is 0.314 e. The van der Waals surface area contributed by atoms with Crippen LogP contribution in [0.1, 0.15) is 71.6 Å². The zero-order valence-corrected chi connectivity index (χ0v) is 54.8. The molecule has 0 aromatic rings. The highest BCUT2D eigenvalue weighted by Crippen LogP contribution is 2.74. The normalized spacial score (nSPS) is 54.5. The predicted octanol–water partition coefficient (Wildman–Crippen LogP) is -11.6. The molecule has 100 heavy (non-hydrogen) atoms. The third-order valence-corrected chi connectivity index (χ3v) is 23.4. The number of rotatable bonds is 21. The Kier molecular flexibility index (Phi) is 24.6. The molecule has 0 aromatic heterocycles. The second-order valence-electron chi connectivity index (χ2n) is 29.2. The number of aliphatic hydroxyl groups is 23. The van der Waals surface area contributed by atoms with Crippen LogP contribution in [-0.4, -0.2) is 390 Å². The summed E-state index contributed by atoms with van der Waals surface area (Å²) < 4.78 is 85.3. The second kappa shape index (κ2) is 31.2. The number of hydrogen-bond donors (Lipinski definition) is 23. The minimum absolute atomic E-state index is 0.201. The van der Waals surface area contributed by atoms with Crippen LogP contribution in [-0.2, 0) is 71.1 Å². The number of ether oxygens (including phenoxy) is 14. The largest absolute Gasteiger partial charge is 0.432 e. The highest BCUT2D eigenvalue weighted by Gasteiger charge is 2.70. The molecule has 7 saturated heterocycles. The Morgan fingerprint density at radius 2 is 0.720 bits per heavy atom. The van der Waals surface area contributed by atoms with Gasteiger partial charge in [0.2, 0.25) is 6.29 Å². The lowest BCUT2D eigenvalue weighted by atomic mass is 9.41. The molecule has 0 aromatic carbocycles. The summed E-state index contributed by atoms with van der Waals surface area (Å²) in [5, 5.41) is 249. The Labute approximate surface area is 571 Å². The van der Waals surface area contributed by atoms with Gasteiger partial charge in [-0.15, -0.1) is 0 Å². The first-order valence-electron chi connectivity index (χ1n) is 33.9. The number of carbonyl (C=O) groups is 1. The fourth-order valence-electron chi connectivity index (χ4n) is 17.9. The standard InChI is InChI=1S/C62H100O38/c1-20-11-61-9-5-28-59(2,29(61)6-10-62(20,19-61)100-57-50(98-54-45(85)40(80)33(73)24(15-66)90-54)47(36(76)27(18-69)93-57)94-51-42(82)37(77)30(70)21(12-63)87-51)7-4-8-60(28,3)58(86)99-56-49(97-53-44(84)39(79)32(72)23(14-65)89-53)46(35(75)26(17-68)92-56)95-55-48(41(81)34(74)25(16-67)91-55)96-52-43(83)38(78)31(71)22(13-64)88-52/h21-57,63-85H,1,4-19H2,2-3H3/t21-,22-,23-,24-,25-,26-,27-,28+,29+,30-,31-,32-,33-,34-,35-,36-,37+,38+,39+,40+,41+,42-,43-,44-,45-,46+,47+,48-,49-,50-,51+,52+,53+,54+,55+,56+,57+,59-,60-,61-,62+/m1/s1. The lowest BCUT2D eigenvalue weighted by molar-refractivity contribution is -0.402. The van der Waals surface area contributed by atoms with Gasteiger partial charge in [-0.05, 0) is 86.5 Å². The SMILES string of the molecule is C=C1C[C@@]23CC[C@H]4[C@@](C)(CCC[C@@]4(C)C(=O)O[C@@H]4O[C@H](CO)[C@@H](O)[C@H](O[C@@H]5O[C@H](CO)[C@@H](O)[C@H](O)[C@H]5O[C@@H]5O[C@H](CO)[C@@H](O)[C@H](O)[C@H]5O)[C@H]4O[C@@H]4O[C@H](CO)[C@@H](O)[C@H](O)[C@H]4O)[C@@H]2CC[C@]1(O[C@@H]1O[C@H](CO)[C@@H](O)[C@H](O[C@@H]2O[C@H](CO)[C@@H](O)[C@H](O)[C@H]2O)[C@H]1O[C@@H]1O[C@H](CO)[C@@H](O)[C@H](O)[C@H]1O)C3. The lowest BCUT2D eigenvalue weighted by Gasteiger charge is -2.64. The van der Waals surface area contributed by atoms with Gasteiger partial charge in [-0.1, -0.05) is 19.9 Å². The fraction of sp³-hybridized carbons (Fsp3) is 0.952. The quantitative estimate of drug-likeness (QED) is 0.0288. The zero-order valence-electron chi connectivity index (χ0n) is 54.8. The van der Waals surface area contributed by atoms with Crippen LogP contribution >= 0.6 is 0 Å². The van der Waals surface area contributed by atoms with Crippen molar-refractivity contribution < 1.29 is 189 Å². The van der Waals surface area contributed by atoms with Crippen LogP contribution in [0.15, 0.2) is 12.2 Å². The summed E-state index contributed by atoms with van der Waals surface area (Å²) in [5.74, 6) is -1.64. The molecule has 0 amide bonds. The number of hydrogen-bond acceptors (Lipinski definition) is 38. The van der Waals surface area contributed by atoms with Crippen molar-refractivity contribution >= 4 is 5.97 Å². The summed E-state index contributed by atoms with van der Waals surface area (Å²) in [5.41, 5.74) is -3.53. The molecule has 23 N–H and O–H groups in total. The Balaban J connectivity index is 0.875. The number of fused-ring (bicyclic) bond motifs is 3. The summed E-state index contributed by atoms with van der Waals surface area (Å²) in [7, 11) is 0. The molecule has 11 fully saturated rings. The topological polar surface area (TPSA) is 612 Å². The number of aliphatic hydroxyl groups excluding tert-OH is 23. The van der Waals surface area contributed by atoms with Crippen molar-refractivity contribution in [2.24, 2.45) is 28.1 Å². The highest BCUT2D eigenvalue weighted by molar-refractivity contribution is 5.77. The van der Waals surface area contributed by atoms with Gasteiger partial charge in [0, 0.05) is 0 Å². The molecule has 7 heterocycles. The van der Waals surface area contributed by atoms with Gasteiger partial charge in [0.05, 0.1) is 57.3 Å². The van der Waals surface area contributed by atoms with Crippen LogP contribution in [0.2, 0.25) is 0 Å². The van der Waals surface area contributed by atoms with Crippen LogP contribution in [0, 0.1) is 28.1 Å². The predicted molar refractivity (Wildman–Crippen MR) is 317 cm³/mol. The summed E-state index contributed by atoms with van der Waals surface area (Å²) >= 11 is 0. The van der Waals surface area contributed by atoms with E-state index >= 15 is 4.79 Å². The van der Waals surface area contributed by atoms with Gasteiger partial charge in [-0.25, -0.2) is 0 Å². The monoisotopic (exact) mass is 1450 g/mol. The van der Waals surface area contributed by atoms with Gasteiger partial charge in [0.15, 0.2) is 43.8 Å². The molecule has 11 aliphatic rings. The Hall–Kier alpha value is -2.23. The van der Waals surface area contributed by atoms with E-state index in [4.69, 9.17) is 66.3 Å². The van der Waals surface area contributed by atoms with Crippen molar-refractivity contribution in [3.63, 3.8) is 0 Å². The molecule has 0 radical (unpaired) electrons. The molecule has 2 bridgehead atoms. The Bertz CT molecular complexity index is 2720. The van der Waals surface area contributed by atoms with E-state index in [-0.39, 0.29) is 25.2 Å². The Morgan fingerprint density at radius 3 is 1.15 bits per heavy atom. The van der Waals surface area contributed by atoms with Crippen LogP contribution in [0.5, 0.6) is 0 Å². The van der Waals surface area contributed by atoms with E-state index in [1.54, 1.807) is 6.92 Å². The summed E-state index contributed by atoms with van der Waals surface area (Å²) in [4.78, 5) is 15.7. The van der Waals surface area contributed by atoms with Crippen molar-refractivity contribution in [1.29, 1.82) is 0 Å². The van der Waals surface area contributed by atoms with E-state index < -0.39 is 295 Å². The number of esters is 1. The van der Waals surface area contributed by atoms with Gasteiger partial charge in [0.1, 0.15) is 165 Å². The highest BCUT2D eigenvalue weighted by atomic mass is 16.8. The maximum Gasteiger partial charge on any atom is 0.314 e. The van der Waals surface area contributed by atoms with Gasteiger partial charge >= 0.3 is 5.97 Å². The summed E-state index contributed by atoms with van der Waals surface area (Å²) in [6.07, 6.45) is -64.3. The van der Waals surface area contributed by atoms with Crippen molar-refractivity contribution in [2.75, 3.05) is 46.2 Å². The second-order valence-corrected chi connectivity index (χ2v) is 29.2. The lowest BCUT2D eigenvalue weighted by Crippen LogP contribution is -2.68. The zero-order chi connectivity index (χ0) is 72.7. The number of carbonyl (C=O) groups excluding carboxylic acids is 1. The molecular formula is C62H100O38. The first kappa shape index (κ1) is 78.8. The molecule has 576 valence electrons. The van der Waals surface area contributed by atoms with E-state index in [2.05, 4.69) is 13.5 Å². The third-order valence-electron chi connectivity index (χ3n) is 23.4. The van der Waals surface area contributed by atoms with E-state index in [0.717, 1.165) is 0 Å². The van der Waals surface area contributed by atoms with Gasteiger partial charge in [-0.3, -0.25) is 4.79 Å².